The van der Waals surface area contributed by atoms with Gasteiger partial charge in [-0.3, -0.25) is 4.90 Å². The lowest BCUT2D eigenvalue weighted by Crippen LogP contribution is -2.33. The summed E-state index contributed by atoms with van der Waals surface area (Å²) in [7, 11) is 0. The first-order valence-electron chi connectivity index (χ1n) is 5.82. The number of hydrogen-bond donors (Lipinski definition) is 1. The van der Waals surface area contributed by atoms with E-state index in [0.717, 1.165) is 5.69 Å². The van der Waals surface area contributed by atoms with Crippen molar-refractivity contribution in [1.29, 1.82) is 0 Å². The summed E-state index contributed by atoms with van der Waals surface area (Å²) in [6.45, 7) is 2.48. The smallest absolute Gasteiger partial charge is 0.153 e. The second-order valence-corrected chi connectivity index (χ2v) is 4.94. The molecule has 0 bridgehead atoms. The van der Waals surface area contributed by atoms with Crippen molar-refractivity contribution in [2.24, 2.45) is 0 Å². The predicted octanol–water partition coefficient (Wildman–Crippen LogP) is 1.78. The van der Waals surface area contributed by atoms with Gasteiger partial charge in [-0.15, -0.1) is 5.10 Å². The van der Waals surface area contributed by atoms with Crippen molar-refractivity contribution in [3.63, 3.8) is 0 Å². The van der Waals surface area contributed by atoms with Gasteiger partial charge in [0, 0.05) is 24.7 Å². The molecule has 3 heterocycles. The molecule has 1 N–H and O–H groups in total. The van der Waals surface area contributed by atoms with Crippen LogP contribution in [-0.4, -0.2) is 40.3 Å². The Morgan fingerprint density at radius 1 is 1.38 bits per heavy atom. The van der Waals surface area contributed by atoms with E-state index in [2.05, 4.69) is 20.4 Å². The molecule has 5 heteroatoms. The van der Waals surface area contributed by atoms with Crippen LogP contribution in [0.2, 0.25) is 5.15 Å². The molecular formula is C11H15ClN4. The van der Waals surface area contributed by atoms with Crippen molar-refractivity contribution >= 4 is 17.3 Å². The molecule has 2 aliphatic heterocycles. The third-order valence-corrected chi connectivity index (χ3v) is 3.77. The molecule has 3 rings (SSSR count). The third-order valence-electron chi connectivity index (χ3n) is 3.58. The topological polar surface area (TPSA) is 41.0 Å². The fourth-order valence-corrected chi connectivity index (χ4v) is 3.05. The van der Waals surface area contributed by atoms with Gasteiger partial charge in [0.25, 0.3) is 0 Å². The maximum Gasteiger partial charge on any atom is 0.153 e. The first kappa shape index (κ1) is 10.3. The van der Waals surface area contributed by atoms with Crippen LogP contribution >= 0.6 is 11.6 Å². The molecule has 0 saturated carbocycles. The Morgan fingerprint density at radius 2 is 2.31 bits per heavy atom. The highest BCUT2D eigenvalue weighted by Crippen LogP contribution is 2.30. The number of nitrogens with zero attached hydrogens (tertiary/aromatic N) is 3. The predicted molar refractivity (Wildman–Crippen MR) is 63.7 cm³/mol. The lowest BCUT2D eigenvalue weighted by atomic mass is 10.1. The number of rotatable bonds is 2. The molecule has 0 amide bonds. The highest BCUT2D eigenvalue weighted by molar-refractivity contribution is 6.29. The van der Waals surface area contributed by atoms with E-state index in [-0.39, 0.29) is 0 Å². The summed E-state index contributed by atoms with van der Waals surface area (Å²) in [4.78, 5) is 2.58. The molecule has 2 saturated heterocycles. The van der Waals surface area contributed by atoms with E-state index < -0.39 is 0 Å². The van der Waals surface area contributed by atoms with Crippen LogP contribution in [0, 0.1) is 0 Å². The number of halogens is 1. The number of anilines is 1. The van der Waals surface area contributed by atoms with E-state index in [1.54, 1.807) is 6.20 Å². The summed E-state index contributed by atoms with van der Waals surface area (Å²) in [5.41, 5.74) is 0.985. The van der Waals surface area contributed by atoms with Crippen molar-refractivity contribution in [2.45, 2.75) is 31.3 Å². The van der Waals surface area contributed by atoms with Gasteiger partial charge in [-0.2, -0.15) is 5.10 Å². The van der Waals surface area contributed by atoms with Crippen LogP contribution in [0.15, 0.2) is 12.3 Å². The average molecular weight is 239 g/mol. The number of nitrogens with one attached hydrogen (secondary N) is 1. The molecule has 2 aliphatic rings. The van der Waals surface area contributed by atoms with Crippen molar-refractivity contribution < 1.29 is 0 Å². The Bertz CT molecular complexity index is 384. The summed E-state index contributed by atoms with van der Waals surface area (Å²) in [6, 6.07) is 3.08. The first-order valence-corrected chi connectivity index (χ1v) is 6.19. The molecule has 2 atom stereocenters. The van der Waals surface area contributed by atoms with Gasteiger partial charge in [0.1, 0.15) is 0 Å². The molecule has 0 radical (unpaired) electrons. The standard InChI is InChI=1S/C11H15ClN4/c12-11-6-8(7-13-15-11)14-9-3-5-16-4-1-2-10(9)16/h6-7,9-10H,1-5H2,(H,14,15). The van der Waals surface area contributed by atoms with E-state index in [1.165, 1.54) is 32.4 Å². The van der Waals surface area contributed by atoms with Gasteiger partial charge in [0.05, 0.1) is 11.9 Å². The third kappa shape index (κ3) is 1.87. The highest BCUT2D eigenvalue weighted by Gasteiger charge is 2.36. The molecule has 0 aliphatic carbocycles. The Kier molecular flexibility index (Phi) is 2.69. The van der Waals surface area contributed by atoms with Gasteiger partial charge in [0.15, 0.2) is 5.15 Å². The summed E-state index contributed by atoms with van der Waals surface area (Å²) in [5, 5.41) is 11.6. The first-order chi connectivity index (χ1) is 7.83. The van der Waals surface area contributed by atoms with Crippen LogP contribution < -0.4 is 5.32 Å². The van der Waals surface area contributed by atoms with Crippen LogP contribution in [0.1, 0.15) is 19.3 Å². The van der Waals surface area contributed by atoms with Crippen LogP contribution in [-0.2, 0) is 0 Å². The van der Waals surface area contributed by atoms with Gasteiger partial charge in [-0.1, -0.05) is 11.6 Å². The summed E-state index contributed by atoms with van der Waals surface area (Å²) in [5.74, 6) is 0. The van der Waals surface area contributed by atoms with Crippen LogP contribution in [0.25, 0.3) is 0 Å². The van der Waals surface area contributed by atoms with Crippen LogP contribution in [0.5, 0.6) is 0 Å². The van der Waals surface area contributed by atoms with Gasteiger partial charge in [-0.05, 0) is 25.8 Å². The molecule has 2 unspecified atom stereocenters. The second kappa shape index (κ2) is 4.18. The van der Waals surface area contributed by atoms with Crippen LogP contribution in [0.4, 0.5) is 5.69 Å². The van der Waals surface area contributed by atoms with Crippen LogP contribution in [0.3, 0.4) is 0 Å². The molecule has 4 nitrogen and oxygen atoms in total. The monoisotopic (exact) mass is 238 g/mol. The SMILES string of the molecule is Clc1cc(NC2CCN3CCCC23)cnn1. The van der Waals surface area contributed by atoms with E-state index in [1.807, 2.05) is 6.07 Å². The minimum absolute atomic E-state index is 0.450. The fourth-order valence-electron chi connectivity index (χ4n) is 2.88. The second-order valence-electron chi connectivity index (χ2n) is 4.55. The van der Waals surface area contributed by atoms with E-state index in [4.69, 9.17) is 11.6 Å². The number of hydrogen-bond acceptors (Lipinski definition) is 4. The van der Waals surface area contributed by atoms with E-state index in [9.17, 15) is 0 Å². The Morgan fingerprint density at radius 3 is 3.19 bits per heavy atom. The molecule has 86 valence electrons. The van der Waals surface area contributed by atoms with Crippen molar-refractivity contribution in [3.05, 3.63) is 17.4 Å². The Labute approximate surface area is 100.0 Å². The fraction of sp³-hybridized carbons (Fsp3) is 0.636. The van der Waals surface area contributed by atoms with E-state index >= 15 is 0 Å². The maximum atomic E-state index is 5.82. The highest BCUT2D eigenvalue weighted by atomic mass is 35.5. The minimum atomic E-state index is 0.450. The van der Waals surface area contributed by atoms with Crippen molar-refractivity contribution in [3.8, 4) is 0 Å². The molecule has 1 aromatic rings. The zero-order chi connectivity index (χ0) is 11.0. The van der Waals surface area contributed by atoms with Gasteiger partial charge in [-0.25, -0.2) is 0 Å². The molecule has 2 fully saturated rings. The lowest BCUT2D eigenvalue weighted by molar-refractivity contribution is 0.318. The minimum Gasteiger partial charge on any atom is -0.379 e. The molecule has 0 spiro atoms. The van der Waals surface area contributed by atoms with E-state index in [0.29, 0.717) is 17.2 Å². The Balaban J connectivity index is 1.71. The van der Waals surface area contributed by atoms with Crippen molar-refractivity contribution in [2.75, 3.05) is 18.4 Å². The Hall–Kier alpha value is -0.870. The molecular weight excluding hydrogens is 224 g/mol. The van der Waals surface area contributed by atoms with Crippen molar-refractivity contribution in [1.82, 2.24) is 15.1 Å². The normalized spacial score (nSPS) is 29.3. The molecule has 1 aromatic heterocycles. The number of fused-ring (bicyclic) bond motifs is 1. The lowest BCUT2D eigenvalue weighted by Gasteiger charge is -2.21. The average Bonchev–Trinajstić information content (AvgIpc) is 2.83. The number of aromatic nitrogens is 2. The van der Waals surface area contributed by atoms with Gasteiger partial charge in [0.2, 0.25) is 0 Å². The quantitative estimate of drug-likeness (QED) is 0.853. The summed E-state index contributed by atoms with van der Waals surface area (Å²) >= 11 is 5.82. The van der Waals surface area contributed by atoms with Gasteiger partial charge >= 0.3 is 0 Å². The maximum absolute atomic E-state index is 5.82. The summed E-state index contributed by atoms with van der Waals surface area (Å²) in [6.07, 6.45) is 5.59. The zero-order valence-electron chi connectivity index (χ0n) is 9.06. The zero-order valence-corrected chi connectivity index (χ0v) is 9.82. The van der Waals surface area contributed by atoms with Gasteiger partial charge < -0.3 is 5.32 Å². The molecule has 16 heavy (non-hydrogen) atoms. The largest absolute Gasteiger partial charge is 0.379 e. The summed E-state index contributed by atoms with van der Waals surface area (Å²) < 4.78 is 0. The molecule has 0 aromatic carbocycles.